The largest absolute Gasteiger partial charge is 0.385 e. The molecule has 320 valence electrons. The molecule has 5 amide bonds. The van der Waals surface area contributed by atoms with Crippen LogP contribution in [0, 0.1) is 11.8 Å². The molecule has 3 fully saturated rings. The summed E-state index contributed by atoms with van der Waals surface area (Å²) >= 11 is 0. The fourth-order valence-electron chi connectivity index (χ4n) is 8.71. The molecule has 1 aromatic carbocycles. The Morgan fingerprint density at radius 2 is 1.48 bits per heavy atom. The van der Waals surface area contributed by atoms with E-state index >= 15 is 0 Å². The zero-order valence-corrected chi connectivity index (χ0v) is 35.6. The zero-order chi connectivity index (χ0) is 41.0. The molecule has 3 aliphatic rings. The van der Waals surface area contributed by atoms with Crippen molar-refractivity contribution in [1.29, 1.82) is 0 Å². The van der Waals surface area contributed by atoms with Crippen molar-refractivity contribution in [1.82, 2.24) is 31.1 Å². The Labute approximate surface area is 337 Å². The maximum absolute atomic E-state index is 13.4. The number of hydrogen-bond acceptors (Lipinski definition) is 8. The van der Waals surface area contributed by atoms with Crippen molar-refractivity contribution in [3.63, 3.8) is 0 Å². The minimum Gasteiger partial charge on any atom is -0.385 e. The van der Waals surface area contributed by atoms with Gasteiger partial charge in [-0.25, -0.2) is 9.59 Å². The highest BCUT2D eigenvalue weighted by molar-refractivity contribution is 5.93. The van der Waals surface area contributed by atoms with Crippen molar-refractivity contribution in [2.24, 2.45) is 17.6 Å². The van der Waals surface area contributed by atoms with Crippen molar-refractivity contribution in [3.05, 3.63) is 35.4 Å². The maximum Gasteiger partial charge on any atom is 0.317 e. The molecule has 13 heteroatoms. The second-order valence-electron chi connectivity index (χ2n) is 17.0. The third-order valence-electron chi connectivity index (χ3n) is 12.0. The number of nitrogens with zero attached hydrogens (tertiary/aromatic N) is 2. The highest BCUT2D eigenvalue weighted by atomic mass is 16.5. The number of nitrogens with two attached hydrogens (primary N) is 1. The lowest BCUT2D eigenvalue weighted by atomic mass is 9.74. The van der Waals surface area contributed by atoms with Gasteiger partial charge in [-0.1, -0.05) is 44.2 Å². The summed E-state index contributed by atoms with van der Waals surface area (Å²) in [5, 5.41) is 24.9. The lowest BCUT2D eigenvalue weighted by molar-refractivity contribution is -0.0564. The molecule has 1 aliphatic carbocycles. The Bertz CT molecular complexity index is 1310. The monoisotopic (exact) mass is 788 g/mol. The highest BCUT2D eigenvalue weighted by Crippen LogP contribution is 2.40. The first-order chi connectivity index (χ1) is 26.8. The molecule has 2 saturated heterocycles. The van der Waals surface area contributed by atoms with Gasteiger partial charge in [0.15, 0.2) is 0 Å². The summed E-state index contributed by atoms with van der Waals surface area (Å²) in [7, 11) is 7.22. The molecule has 4 atom stereocenters. The van der Waals surface area contributed by atoms with E-state index in [0.717, 1.165) is 77.5 Å². The lowest BCUT2D eigenvalue weighted by Gasteiger charge is -2.43. The molecule has 56 heavy (non-hydrogen) atoms. The number of likely N-dealkylation sites (tertiary alicyclic amines) is 2. The van der Waals surface area contributed by atoms with E-state index in [1.165, 1.54) is 38.5 Å². The summed E-state index contributed by atoms with van der Waals surface area (Å²) in [6.07, 6.45) is 15.5. The van der Waals surface area contributed by atoms with Crippen molar-refractivity contribution < 1.29 is 29.0 Å². The van der Waals surface area contributed by atoms with Gasteiger partial charge in [-0.15, -0.1) is 0 Å². The van der Waals surface area contributed by atoms with Crippen LogP contribution in [0.5, 0.6) is 0 Å². The number of ether oxygens (including phenoxy) is 2. The van der Waals surface area contributed by atoms with Crippen LogP contribution < -0.4 is 27.0 Å². The van der Waals surface area contributed by atoms with Crippen LogP contribution in [0.4, 0.5) is 9.59 Å². The molecule has 7 N–H and O–H groups in total. The first-order valence-electron chi connectivity index (χ1n) is 21.4. The predicted octanol–water partition coefficient (Wildman–Crippen LogP) is 5.35. The fourth-order valence-corrected chi connectivity index (χ4v) is 8.71. The molecule has 2 aliphatic heterocycles. The number of aliphatic hydroxyl groups is 1. The Hall–Kier alpha value is -2.97. The van der Waals surface area contributed by atoms with Crippen LogP contribution in [-0.4, -0.2) is 125 Å². The van der Waals surface area contributed by atoms with E-state index in [0.29, 0.717) is 43.2 Å². The number of amides is 5. The summed E-state index contributed by atoms with van der Waals surface area (Å²) < 4.78 is 10.7. The van der Waals surface area contributed by atoms with Gasteiger partial charge in [-0.3, -0.25) is 4.79 Å². The van der Waals surface area contributed by atoms with E-state index in [1.54, 1.807) is 32.4 Å². The van der Waals surface area contributed by atoms with E-state index in [9.17, 15) is 19.5 Å². The van der Waals surface area contributed by atoms with Crippen molar-refractivity contribution in [2.45, 2.75) is 133 Å². The van der Waals surface area contributed by atoms with Gasteiger partial charge >= 0.3 is 12.1 Å². The molecule has 0 unspecified atom stereocenters. The van der Waals surface area contributed by atoms with Gasteiger partial charge in [-0.05, 0) is 116 Å². The Morgan fingerprint density at radius 3 is 2.12 bits per heavy atom. The van der Waals surface area contributed by atoms with E-state index in [4.69, 9.17) is 15.2 Å². The van der Waals surface area contributed by atoms with E-state index in [2.05, 4.69) is 21.3 Å². The Morgan fingerprint density at radius 1 is 0.857 bits per heavy atom. The Balaban J connectivity index is 0.000000372. The molecular weight excluding hydrogens is 711 g/mol. The van der Waals surface area contributed by atoms with Crippen molar-refractivity contribution in [2.75, 3.05) is 74.2 Å². The number of methoxy groups -OCH3 is 2. The fraction of sp³-hybridized carbons (Fsp3) is 0.791. The van der Waals surface area contributed by atoms with Gasteiger partial charge in [0.25, 0.3) is 0 Å². The van der Waals surface area contributed by atoms with Crippen LogP contribution in [-0.2, 0) is 15.1 Å². The lowest BCUT2D eigenvalue weighted by Crippen LogP contribution is -2.54. The second kappa shape index (κ2) is 24.7. The quantitative estimate of drug-likeness (QED) is 0.102. The molecule has 13 nitrogen and oxygen atoms in total. The number of piperidine rings is 2. The molecule has 4 rings (SSSR count). The van der Waals surface area contributed by atoms with Gasteiger partial charge in [0.2, 0.25) is 5.91 Å². The summed E-state index contributed by atoms with van der Waals surface area (Å²) in [5.41, 5.74) is 5.23. The standard InChI is InChI=1S/C29H48N4O4.C14H29N3O2/c1-31-20-26(18-22-10-4-3-5-11-22)32-28(35)33-16-9-14-25(21-33)29(36,15-6-7-17-37-2)24-13-8-12-23(19-24)27(30)34;1-14(2,19-4)10-12(11-15-3)16-13(18)17-8-6-5-7-9-17/h8,12-13,19,22,25-26,31,36H,3-7,9-11,14-18,20-21H2,1-2H3,(H2,30,34)(H,32,35);12,15H,5-11H2,1-4H3,(H,16,18)/t25-,26+,29-;12-/m10/s1. The molecule has 1 aromatic rings. The van der Waals surface area contributed by atoms with Gasteiger partial charge < -0.3 is 51.4 Å². The summed E-state index contributed by atoms with van der Waals surface area (Å²) in [6, 6.07) is 7.23. The summed E-state index contributed by atoms with van der Waals surface area (Å²) in [4.78, 5) is 41.3. The van der Waals surface area contributed by atoms with Crippen LogP contribution in [0.25, 0.3) is 0 Å². The van der Waals surface area contributed by atoms with Crippen molar-refractivity contribution >= 4 is 18.0 Å². The van der Waals surface area contributed by atoms with Crippen LogP contribution >= 0.6 is 0 Å². The molecule has 2 heterocycles. The predicted molar refractivity (Wildman–Crippen MR) is 224 cm³/mol. The van der Waals surface area contributed by atoms with E-state index in [-0.39, 0.29) is 35.7 Å². The normalized spacial score (nSPS) is 20.2. The molecule has 0 aromatic heterocycles. The van der Waals surface area contributed by atoms with E-state index in [1.807, 2.05) is 43.8 Å². The van der Waals surface area contributed by atoms with Crippen molar-refractivity contribution in [3.8, 4) is 0 Å². The maximum atomic E-state index is 13.4. The third kappa shape index (κ3) is 15.8. The van der Waals surface area contributed by atoms with Crippen LogP contribution in [0.1, 0.15) is 126 Å². The number of primary amides is 1. The van der Waals surface area contributed by atoms with Crippen LogP contribution in [0.3, 0.4) is 0 Å². The number of carbonyl (C=O) groups excluding carboxylic acids is 3. The van der Waals surface area contributed by atoms with Crippen LogP contribution in [0.2, 0.25) is 0 Å². The third-order valence-corrected chi connectivity index (χ3v) is 12.0. The molecule has 0 spiro atoms. The second-order valence-corrected chi connectivity index (χ2v) is 17.0. The number of carbonyl (C=O) groups is 3. The first-order valence-corrected chi connectivity index (χ1v) is 21.4. The minimum atomic E-state index is -1.16. The molecule has 0 radical (unpaired) electrons. The summed E-state index contributed by atoms with van der Waals surface area (Å²) in [5.74, 6) is 0.0248. The first kappa shape index (κ1) is 47.4. The number of likely N-dealkylation sites (N-methyl/N-ethyl adjacent to an activating group) is 2. The number of urea groups is 2. The smallest absolute Gasteiger partial charge is 0.317 e. The average molecular weight is 788 g/mol. The van der Waals surface area contributed by atoms with Gasteiger partial charge in [0.1, 0.15) is 0 Å². The minimum absolute atomic E-state index is 0.0478. The molecule has 0 bridgehead atoms. The number of rotatable bonds is 19. The number of nitrogens with one attached hydrogen (secondary N) is 4. The average Bonchev–Trinajstić information content (AvgIpc) is 3.20. The summed E-state index contributed by atoms with van der Waals surface area (Å²) in [6.45, 7) is 9.14. The Kier molecular flexibility index (Phi) is 20.9. The zero-order valence-electron chi connectivity index (χ0n) is 35.6. The topological polar surface area (TPSA) is 171 Å². The number of benzene rings is 1. The molecule has 1 saturated carbocycles. The SMILES string of the molecule is CNC[C@H](CC(C)(C)OC)NC(=O)N1CCCCC1.CNC[C@H](CC1CCCCC1)NC(=O)N1CCC[C@@H]([C@@](O)(CCCCOC)c2cccc(C(N)=O)c2)C1. The highest BCUT2D eigenvalue weighted by Gasteiger charge is 2.41. The van der Waals surface area contributed by atoms with E-state index < -0.39 is 11.5 Å². The van der Waals surface area contributed by atoms with Gasteiger partial charge in [0, 0.05) is 83.7 Å². The van der Waals surface area contributed by atoms with Gasteiger partial charge in [0.05, 0.1) is 11.2 Å². The number of hydrogen-bond donors (Lipinski definition) is 6. The van der Waals surface area contributed by atoms with Gasteiger partial charge in [-0.2, -0.15) is 0 Å². The van der Waals surface area contributed by atoms with Crippen LogP contribution in [0.15, 0.2) is 24.3 Å². The number of unbranched alkanes of at least 4 members (excludes halogenated alkanes) is 1. The molecular formula is C43H77N7O6.